The number of carbonyl (C=O) groups is 1. The van der Waals surface area contributed by atoms with Crippen molar-refractivity contribution in [3.05, 3.63) is 0 Å². The van der Waals surface area contributed by atoms with Gasteiger partial charge in [0.15, 0.2) is 0 Å². The summed E-state index contributed by atoms with van der Waals surface area (Å²) in [5.74, 6) is 0.879. The molecule has 2 saturated heterocycles. The minimum Gasteiger partial charge on any atom is -0.381 e. The van der Waals surface area contributed by atoms with E-state index in [1.54, 1.807) is 0 Å². The van der Waals surface area contributed by atoms with Crippen LogP contribution in [0.15, 0.2) is 0 Å². The highest BCUT2D eigenvalue weighted by Gasteiger charge is 2.25. The lowest BCUT2D eigenvalue weighted by Crippen LogP contribution is -2.52. The third kappa shape index (κ3) is 2.95. The molecule has 0 spiro atoms. The number of rotatable bonds is 2. The van der Waals surface area contributed by atoms with Crippen LogP contribution in [0.3, 0.4) is 0 Å². The van der Waals surface area contributed by atoms with Gasteiger partial charge in [0, 0.05) is 45.3 Å². The number of nitrogens with zero attached hydrogens (tertiary/aromatic N) is 1. The van der Waals surface area contributed by atoms with Gasteiger partial charge in [-0.05, 0) is 25.7 Å². The van der Waals surface area contributed by atoms with E-state index >= 15 is 0 Å². The summed E-state index contributed by atoms with van der Waals surface area (Å²) in [6.45, 7) is 6.50. The summed E-state index contributed by atoms with van der Waals surface area (Å²) in [6.07, 6.45) is 2.81. The van der Waals surface area contributed by atoms with Crippen molar-refractivity contribution in [3.63, 3.8) is 0 Å². The Morgan fingerprint density at radius 1 is 1.44 bits per heavy atom. The summed E-state index contributed by atoms with van der Waals surface area (Å²) in [5, 5.41) is 3.31. The molecule has 0 aliphatic carbocycles. The standard InChI is InChI=1S/C12H22N2O2/c1-10-9-13-4-5-14(10)12(15)8-11-2-6-16-7-3-11/h10-11,13H,2-9H2,1H3/t10-/m0/s1. The summed E-state index contributed by atoms with van der Waals surface area (Å²) >= 11 is 0. The first-order valence-corrected chi connectivity index (χ1v) is 6.35. The van der Waals surface area contributed by atoms with E-state index in [0.717, 1.165) is 45.7 Å². The lowest BCUT2D eigenvalue weighted by atomic mass is 9.95. The quantitative estimate of drug-likeness (QED) is 0.750. The second-order valence-corrected chi connectivity index (χ2v) is 4.90. The smallest absolute Gasteiger partial charge is 0.223 e. The zero-order valence-corrected chi connectivity index (χ0v) is 10.1. The first-order valence-electron chi connectivity index (χ1n) is 6.35. The van der Waals surface area contributed by atoms with Crippen LogP contribution in [0.2, 0.25) is 0 Å². The van der Waals surface area contributed by atoms with Gasteiger partial charge in [0.05, 0.1) is 0 Å². The van der Waals surface area contributed by atoms with Crippen LogP contribution in [0, 0.1) is 5.92 Å². The van der Waals surface area contributed by atoms with E-state index in [2.05, 4.69) is 12.2 Å². The van der Waals surface area contributed by atoms with Crippen molar-refractivity contribution < 1.29 is 9.53 Å². The molecule has 1 N–H and O–H groups in total. The van der Waals surface area contributed by atoms with Crippen LogP contribution < -0.4 is 5.32 Å². The average molecular weight is 226 g/mol. The van der Waals surface area contributed by atoms with Gasteiger partial charge in [0.1, 0.15) is 0 Å². The van der Waals surface area contributed by atoms with E-state index in [1.165, 1.54) is 0 Å². The van der Waals surface area contributed by atoms with Gasteiger partial charge in [-0.25, -0.2) is 0 Å². The number of hydrogen-bond acceptors (Lipinski definition) is 3. The molecular formula is C12H22N2O2. The molecule has 92 valence electrons. The highest BCUT2D eigenvalue weighted by molar-refractivity contribution is 5.77. The topological polar surface area (TPSA) is 41.6 Å². The highest BCUT2D eigenvalue weighted by atomic mass is 16.5. The van der Waals surface area contributed by atoms with Crippen molar-refractivity contribution in [1.29, 1.82) is 0 Å². The van der Waals surface area contributed by atoms with Gasteiger partial charge in [-0.1, -0.05) is 0 Å². The lowest BCUT2D eigenvalue weighted by Gasteiger charge is -2.35. The number of piperazine rings is 1. The van der Waals surface area contributed by atoms with Crippen LogP contribution in [-0.4, -0.2) is 49.7 Å². The van der Waals surface area contributed by atoms with E-state index in [4.69, 9.17) is 4.74 Å². The van der Waals surface area contributed by atoms with Gasteiger partial charge in [0.2, 0.25) is 5.91 Å². The van der Waals surface area contributed by atoms with E-state index in [1.807, 2.05) is 4.90 Å². The maximum atomic E-state index is 12.1. The van der Waals surface area contributed by atoms with E-state index in [0.29, 0.717) is 24.3 Å². The van der Waals surface area contributed by atoms with Crippen LogP contribution >= 0.6 is 0 Å². The number of carbonyl (C=O) groups excluding carboxylic acids is 1. The normalized spacial score (nSPS) is 28.1. The fourth-order valence-corrected chi connectivity index (χ4v) is 2.53. The van der Waals surface area contributed by atoms with E-state index in [9.17, 15) is 4.79 Å². The number of hydrogen-bond donors (Lipinski definition) is 1. The molecule has 2 aliphatic heterocycles. The van der Waals surface area contributed by atoms with Crippen LogP contribution in [0.5, 0.6) is 0 Å². The molecule has 2 heterocycles. The molecule has 2 rings (SSSR count). The van der Waals surface area contributed by atoms with E-state index in [-0.39, 0.29) is 0 Å². The molecule has 0 aromatic rings. The minimum absolute atomic E-state index is 0.334. The maximum Gasteiger partial charge on any atom is 0.223 e. The Bertz CT molecular complexity index is 239. The molecule has 0 aromatic heterocycles. The Morgan fingerprint density at radius 3 is 2.88 bits per heavy atom. The number of ether oxygens (including phenoxy) is 1. The lowest BCUT2D eigenvalue weighted by molar-refractivity contribution is -0.135. The van der Waals surface area contributed by atoms with Crippen molar-refractivity contribution in [3.8, 4) is 0 Å². The molecule has 2 fully saturated rings. The van der Waals surface area contributed by atoms with E-state index < -0.39 is 0 Å². The van der Waals surface area contributed by atoms with Crippen molar-refractivity contribution in [2.45, 2.75) is 32.2 Å². The Labute approximate surface area is 97.3 Å². The van der Waals surface area contributed by atoms with Crippen LogP contribution in [0.1, 0.15) is 26.2 Å². The molecule has 2 aliphatic rings. The SMILES string of the molecule is C[C@H]1CNCCN1C(=O)CC1CCOCC1. The second kappa shape index (κ2) is 5.64. The van der Waals surface area contributed by atoms with Crippen molar-refractivity contribution >= 4 is 5.91 Å². The molecule has 0 aromatic carbocycles. The minimum atomic E-state index is 0.334. The third-order valence-corrected chi connectivity index (χ3v) is 3.63. The first-order chi connectivity index (χ1) is 7.77. The zero-order chi connectivity index (χ0) is 11.4. The van der Waals surface area contributed by atoms with Gasteiger partial charge >= 0.3 is 0 Å². The molecule has 0 bridgehead atoms. The monoisotopic (exact) mass is 226 g/mol. The van der Waals surface area contributed by atoms with Crippen molar-refractivity contribution in [2.75, 3.05) is 32.8 Å². The molecule has 0 unspecified atom stereocenters. The van der Waals surface area contributed by atoms with Crippen LogP contribution in [0.4, 0.5) is 0 Å². The predicted molar refractivity (Wildman–Crippen MR) is 62.2 cm³/mol. The Hall–Kier alpha value is -0.610. The Balaban J connectivity index is 1.81. The first kappa shape index (κ1) is 11.9. The van der Waals surface area contributed by atoms with Crippen molar-refractivity contribution in [2.24, 2.45) is 5.92 Å². The van der Waals surface area contributed by atoms with Gasteiger partial charge in [-0.3, -0.25) is 4.79 Å². The largest absolute Gasteiger partial charge is 0.381 e. The predicted octanol–water partition coefficient (Wildman–Crippen LogP) is 0.623. The van der Waals surface area contributed by atoms with Gasteiger partial charge in [0.25, 0.3) is 0 Å². The van der Waals surface area contributed by atoms with Gasteiger partial charge in [-0.15, -0.1) is 0 Å². The molecule has 1 amide bonds. The second-order valence-electron chi connectivity index (χ2n) is 4.90. The molecule has 16 heavy (non-hydrogen) atoms. The van der Waals surface area contributed by atoms with Gasteiger partial charge in [-0.2, -0.15) is 0 Å². The summed E-state index contributed by atoms with van der Waals surface area (Å²) in [7, 11) is 0. The molecule has 0 radical (unpaired) electrons. The fraction of sp³-hybridized carbons (Fsp3) is 0.917. The van der Waals surface area contributed by atoms with Crippen LogP contribution in [-0.2, 0) is 9.53 Å². The zero-order valence-electron chi connectivity index (χ0n) is 10.1. The summed E-state index contributed by atoms with van der Waals surface area (Å²) in [6, 6.07) is 0.348. The average Bonchev–Trinajstić information content (AvgIpc) is 2.31. The number of nitrogens with one attached hydrogen (secondary N) is 1. The number of amides is 1. The molecule has 4 nitrogen and oxygen atoms in total. The fourth-order valence-electron chi connectivity index (χ4n) is 2.53. The molecular weight excluding hydrogens is 204 g/mol. The molecule has 0 saturated carbocycles. The summed E-state index contributed by atoms with van der Waals surface area (Å²) in [5.41, 5.74) is 0. The highest BCUT2D eigenvalue weighted by Crippen LogP contribution is 2.20. The maximum absolute atomic E-state index is 12.1. The third-order valence-electron chi connectivity index (χ3n) is 3.63. The van der Waals surface area contributed by atoms with Crippen molar-refractivity contribution in [1.82, 2.24) is 10.2 Å². The Morgan fingerprint density at radius 2 is 2.19 bits per heavy atom. The molecule has 4 heteroatoms. The summed E-state index contributed by atoms with van der Waals surface area (Å²) < 4.78 is 5.31. The molecule has 1 atom stereocenters. The van der Waals surface area contributed by atoms with Gasteiger partial charge < -0.3 is 15.0 Å². The Kier molecular flexibility index (Phi) is 4.18. The van der Waals surface area contributed by atoms with Crippen LogP contribution in [0.25, 0.3) is 0 Å². The summed E-state index contributed by atoms with van der Waals surface area (Å²) in [4.78, 5) is 14.2.